The Bertz CT molecular complexity index is 600. The topological polar surface area (TPSA) is 57.5 Å². The summed E-state index contributed by atoms with van der Waals surface area (Å²) in [7, 11) is 2.01. The molecule has 1 unspecified atom stereocenters. The van der Waals surface area contributed by atoms with Crippen molar-refractivity contribution < 1.29 is 0 Å². The molecule has 0 amide bonds. The van der Waals surface area contributed by atoms with Crippen molar-refractivity contribution in [2.24, 2.45) is 12.0 Å². The van der Waals surface area contributed by atoms with E-state index in [-0.39, 0.29) is 0 Å². The van der Waals surface area contributed by atoms with E-state index in [9.17, 15) is 0 Å². The van der Waals surface area contributed by atoms with E-state index in [1.165, 1.54) is 69.4 Å². The van der Waals surface area contributed by atoms with Gasteiger partial charge in [0.05, 0.1) is 5.69 Å². The monoisotopic (exact) mass is 390 g/mol. The maximum atomic E-state index is 4.79. The highest BCUT2D eigenvalue weighted by Crippen LogP contribution is 2.14. The van der Waals surface area contributed by atoms with Gasteiger partial charge in [-0.05, 0) is 85.0 Å². The molecule has 1 saturated heterocycles. The zero-order valence-electron chi connectivity index (χ0n) is 18.9. The minimum Gasteiger partial charge on any atom is -0.357 e. The van der Waals surface area contributed by atoms with Crippen molar-refractivity contribution in [3.8, 4) is 0 Å². The van der Waals surface area contributed by atoms with Crippen molar-refractivity contribution in [2.45, 2.75) is 78.7 Å². The lowest BCUT2D eigenvalue weighted by Gasteiger charge is -2.26. The highest BCUT2D eigenvalue weighted by atomic mass is 15.3. The average molecular weight is 391 g/mol. The molecule has 1 aromatic rings. The molecule has 2 rings (SSSR count). The molecule has 1 aliphatic rings. The number of rotatable bonds is 10. The summed E-state index contributed by atoms with van der Waals surface area (Å²) in [5.74, 6) is 0.935. The van der Waals surface area contributed by atoms with Gasteiger partial charge >= 0.3 is 0 Å². The fourth-order valence-corrected chi connectivity index (χ4v) is 4.02. The van der Waals surface area contributed by atoms with Crippen LogP contribution in [0, 0.1) is 13.8 Å². The van der Waals surface area contributed by atoms with Crippen molar-refractivity contribution in [2.75, 3.05) is 32.7 Å². The van der Waals surface area contributed by atoms with Crippen LogP contribution in [-0.2, 0) is 13.5 Å². The molecule has 1 fully saturated rings. The molecule has 0 radical (unpaired) electrons. The van der Waals surface area contributed by atoms with Crippen LogP contribution in [0.1, 0.15) is 69.3 Å². The molecule has 28 heavy (non-hydrogen) atoms. The van der Waals surface area contributed by atoms with Crippen LogP contribution in [0.5, 0.6) is 0 Å². The second-order valence-corrected chi connectivity index (χ2v) is 8.25. The summed E-state index contributed by atoms with van der Waals surface area (Å²) in [5.41, 5.74) is 3.72. The molecule has 0 saturated carbocycles. The summed E-state index contributed by atoms with van der Waals surface area (Å²) in [6.07, 6.45) is 8.89. The standard InChI is InChI=1S/C22H42N6/c1-6-23-22(24-13-9-7-10-14-28-15-11-8-12-16-28)25-18(2)17-21-19(3)26-27(5)20(21)4/h18H,6-17H2,1-5H3,(H2,23,24,25). The molecule has 1 aromatic heterocycles. The lowest BCUT2D eigenvalue weighted by atomic mass is 10.1. The molecule has 0 aliphatic carbocycles. The fourth-order valence-electron chi connectivity index (χ4n) is 4.02. The Balaban J connectivity index is 1.71. The first-order valence-corrected chi connectivity index (χ1v) is 11.3. The molecule has 0 spiro atoms. The molecule has 0 bridgehead atoms. The molecule has 0 aromatic carbocycles. The van der Waals surface area contributed by atoms with Gasteiger partial charge in [-0.25, -0.2) is 0 Å². The van der Waals surface area contributed by atoms with Gasteiger partial charge in [-0.15, -0.1) is 0 Å². The molecular weight excluding hydrogens is 348 g/mol. The van der Waals surface area contributed by atoms with E-state index < -0.39 is 0 Å². The van der Waals surface area contributed by atoms with Crippen LogP contribution in [-0.4, -0.2) is 59.4 Å². The van der Waals surface area contributed by atoms with E-state index in [1.807, 2.05) is 11.7 Å². The van der Waals surface area contributed by atoms with Crippen molar-refractivity contribution in [1.82, 2.24) is 25.3 Å². The van der Waals surface area contributed by atoms with Crippen LogP contribution in [0.4, 0.5) is 0 Å². The van der Waals surface area contributed by atoms with Gasteiger partial charge in [-0.1, -0.05) is 12.8 Å². The van der Waals surface area contributed by atoms with Gasteiger partial charge in [-0.2, -0.15) is 5.10 Å². The minimum atomic E-state index is 0.318. The number of aliphatic imine (C=N–C) groups is 1. The van der Waals surface area contributed by atoms with E-state index in [0.717, 1.165) is 31.2 Å². The Labute approximate surface area is 172 Å². The number of guanidine groups is 1. The van der Waals surface area contributed by atoms with Crippen LogP contribution in [0.15, 0.2) is 4.99 Å². The Hall–Kier alpha value is -1.56. The average Bonchev–Trinajstić information content (AvgIpc) is 2.91. The summed E-state index contributed by atoms with van der Waals surface area (Å²) >= 11 is 0. The molecule has 6 nitrogen and oxygen atoms in total. The van der Waals surface area contributed by atoms with Crippen molar-refractivity contribution in [3.63, 3.8) is 0 Å². The van der Waals surface area contributed by atoms with E-state index in [4.69, 9.17) is 4.99 Å². The SMILES string of the molecule is CCNC(=NCCCCCN1CCCCC1)NC(C)Cc1c(C)nn(C)c1C. The smallest absolute Gasteiger partial charge is 0.191 e. The zero-order chi connectivity index (χ0) is 20.4. The highest BCUT2D eigenvalue weighted by molar-refractivity contribution is 5.80. The predicted octanol–water partition coefficient (Wildman–Crippen LogP) is 3.18. The Morgan fingerprint density at radius 3 is 2.54 bits per heavy atom. The lowest BCUT2D eigenvalue weighted by Crippen LogP contribution is -2.43. The second-order valence-electron chi connectivity index (χ2n) is 8.25. The summed E-state index contributed by atoms with van der Waals surface area (Å²) in [6.45, 7) is 14.2. The first kappa shape index (κ1) is 22.7. The Kier molecular flexibility index (Phi) is 9.82. The first-order valence-electron chi connectivity index (χ1n) is 11.3. The molecule has 1 atom stereocenters. The van der Waals surface area contributed by atoms with Gasteiger partial charge in [0.15, 0.2) is 5.96 Å². The van der Waals surface area contributed by atoms with Gasteiger partial charge < -0.3 is 15.5 Å². The third-order valence-electron chi connectivity index (χ3n) is 5.75. The van der Waals surface area contributed by atoms with Gasteiger partial charge in [0.25, 0.3) is 0 Å². The first-order chi connectivity index (χ1) is 13.5. The number of likely N-dealkylation sites (tertiary alicyclic amines) is 1. The van der Waals surface area contributed by atoms with Crippen LogP contribution in [0.25, 0.3) is 0 Å². The quantitative estimate of drug-likeness (QED) is 0.366. The third-order valence-corrected chi connectivity index (χ3v) is 5.75. The van der Waals surface area contributed by atoms with Crippen LogP contribution in [0.3, 0.4) is 0 Å². The number of piperidine rings is 1. The van der Waals surface area contributed by atoms with Gasteiger partial charge in [-0.3, -0.25) is 9.67 Å². The number of hydrogen-bond acceptors (Lipinski definition) is 3. The number of hydrogen-bond donors (Lipinski definition) is 2. The van der Waals surface area contributed by atoms with Crippen molar-refractivity contribution in [1.29, 1.82) is 0 Å². The van der Waals surface area contributed by atoms with Crippen LogP contribution >= 0.6 is 0 Å². The maximum absolute atomic E-state index is 4.79. The van der Waals surface area contributed by atoms with Crippen LogP contribution in [0.2, 0.25) is 0 Å². The van der Waals surface area contributed by atoms with Gasteiger partial charge in [0, 0.05) is 31.9 Å². The van der Waals surface area contributed by atoms with E-state index in [0.29, 0.717) is 6.04 Å². The molecule has 2 N–H and O–H groups in total. The second kappa shape index (κ2) is 12.1. The van der Waals surface area contributed by atoms with Gasteiger partial charge in [0.1, 0.15) is 0 Å². The number of nitrogens with one attached hydrogen (secondary N) is 2. The maximum Gasteiger partial charge on any atom is 0.191 e. The third kappa shape index (κ3) is 7.46. The molecule has 160 valence electrons. The number of aromatic nitrogens is 2. The fraction of sp³-hybridized carbons (Fsp3) is 0.818. The predicted molar refractivity (Wildman–Crippen MR) is 119 cm³/mol. The van der Waals surface area contributed by atoms with Crippen molar-refractivity contribution in [3.05, 3.63) is 17.0 Å². The van der Waals surface area contributed by atoms with Gasteiger partial charge in [0.2, 0.25) is 0 Å². The minimum absolute atomic E-state index is 0.318. The normalized spacial score (nSPS) is 17.0. The number of unbranched alkanes of at least 4 members (excludes halogenated alkanes) is 2. The molecule has 1 aliphatic heterocycles. The number of aryl methyl sites for hydroxylation is 2. The van der Waals surface area contributed by atoms with E-state index >= 15 is 0 Å². The van der Waals surface area contributed by atoms with E-state index in [2.05, 4.69) is 48.3 Å². The summed E-state index contributed by atoms with van der Waals surface area (Å²) in [4.78, 5) is 7.42. The molecule has 6 heteroatoms. The Morgan fingerprint density at radius 2 is 1.89 bits per heavy atom. The number of nitrogens with zero attached hydrogens (tertiary/aromatic N) is 4. The molecular formula is C22H42N6. The lowest BCUT2D eigenvalue weighted by molar-refractivity contribution is 0.224. The molecule has 2 heterocycles. The van der Waals surface area contributed by atoms with Crippen molar-refractivity contribution >= 4 is 5.96 Å². The Morgan fingerprint density at radius 1 is 1.14 bits per heavy atom. The largest absolute Gasteiger partial charge is 0.357 e. The summed E-state index contributed by atoms with van der Waals surface area (Å²) < 4.78 is 1.97. The van der Waals surface area contributed by atoms with E-state index in [1.54, 1.807) is 0 Å². The highest BCUT2D eigenvalue weighted by Gasteiger charge is 2.14. The summed E-state index contributed by atoms with van der Waals surface area (Å²) in [6, 6.07) is 0.318. The zero-order valence-corrected chi connectivity index (χ0v) is 18.9. The van der Waals surface area contributed by atoms with Crippen LogP contribution < -0.4 is 10.6 Å². The summed E-state index contributed by atoms with van der Waals surface area (Å²) in [5, 5.41) is 11.5.